The molecule has 0 aliphatic carbocycles. The number of hydrogen-bond donors (Lipinski definition) is 1. The van der Waals surface area contributed by atoms with Gasteiger partial charge in [0.15, 0.2) is 0 Å². The molecule has 2 rings (SSSR count). The molecule has 1 N–H and O–H groups in total. The highest BCUT2D eigenvalue weighted by Gasteiger charge is 2.41. The van der Waals surface area contributed by atoms with E-state index in [1.54, 1.807) is 7.11 Å². The normalized spacial score (nSPS) is 35.1. The van der Waals surface area contributed by atoms with Crippen molar-refractivity contribution in [3.63, 3.8) is 0 Å². The molecule has 0 spiro atoms. The van der Waals surface area contributed by atoms with Crippen molar-refractivity contribution < 1.29 is 14.2 Å². The molecule has 2 saturated heterocycles. The molecule has 0 aromatic carbocycles. The van der Waals surface area contributed by atoms with Gasteiger partial charge in [0.2, 0.25) is 0 Å². The summed E-state index contributed by atoms with van der Waals surface area (Å²) in [7, 11) is 1.75. The van der Waals surface area contributed by atoms with Gasteiger partial charge in [-0.3, -0.25) is 0 Å². The Morgan fingerprint density at radius 3 is 2.84 bits per heavy atom. The van der Waals surface area contributed by atoms with Crippen molar-refractivity contribution in [3.8, 4) is 0 Å². The van der Waals surface area contributed by atoms with Gasteiger partial charge in [-0.25, -0.2) is 0 Å². The third-order valence-electron chi connectivity index (χ3n) is 4.78. The minimum atomic E-state index is 0.291. The standard InChI is InChI=1S/C15H29NO3/c1-13-15(7-10-18-13,12-16-8-11-17-2)6-5-14-4-3-9-19-14/h13-14,16H,3-12H2,1-2H3. The highest BCUT2D eigenvalue weighted by molar-refractivity contribution is 4.92. The Kier molecular flexibility index (Phi) is 6.07. The molecule has 19 heavy (non-hydrogen) atoms. The van der Waals surface area contributed by atoms with Crippen LogP contribution < -0.4 is 5.32 Å². The van der Waals surface area contributed by atoms with Gasteiger partial charge in [-0.2, -0.15) is 0 Å². The number of nitrogens with one attached hydrogen (secondary N) is 1. The summed E-state index contributed by atoms with van der Waals surface area (Å²) in [5.74, 6) is 0. The predicted molar refractivity (Wildman–Crippen MR) is 75.4 cm³/mol. The summed E-state index contributed by atoms with van der Waals surface area (Å²) < 4.78 is 16.7. The minimum Gasteiger partial charge on any atom is -0.383 e. The van der Waals surface area contributed by atoms with Gasteiger partial charge in [-0.1, -0.05) is 0 Å². The molecule has 0 bridgehead atoms. The molecule has 4 heteroatoms. The van der Waals surface area contributed by atoms with Crippen LogP contribution in [0.25, 0.3) is 0 Å². The third-order valence-corrected chi connectivity index (χ3v) is 4.78. The van der Waals surface area contributed by atoms with E-state index in [-0.39, 0.29) is 0 Å². The lowest BCUT2D eigenvalue weighted by atomic mass is 9.76. The van der Waals surface area contributed by atoms with Crippen molar-refractivity contribution in [1.29, 1.82) is 0 Å². The quantitative estimate of drug-likeness (QED) is 0.685. The van der Waals surface area contributed by atoms with E-state index in [0.717, 1.165) is 32.9 Å². The molecular formula is C15H29NO3. The number of hydrogen-bond acceptors (Lipinski definition) is 4. The van der Waals surface area contributed by atoms with Gasteiger partial charge in [0.1, 0.15) is 0 Å². The van der Waals surface area contributed by atoms with Crippen molar-refractivity contribution in [1.82, 2.24) is 5.32 Å². The maximum absolute atomic E-state index is 5.83. The molecule has 2 aliphatic heterocycles. The molecular weight excluding hydrogens is 242 g/mol. The van der Waals surface area contributed by atoms with Crippen LogP contribution in [0.2, 0.25) is 0 Å². The van der Waals surface area contributed by atoms with E-state index in [2.05, 4.69) is 12.2 Å². The van der Waals surface area contributed by atoms with Crippen molar-refractivity contribution in [2.45, 2.75) is 51.2 Å². The molecule has 3 unspecified atom stereocenters. The summed E-state index contributed by atoms with van der Waals surface area (Å²) in [6.45, 7) is 6.81. The Balaban J connectivity index is 1.79. The van der Waals surface area contributed by atoms with Gasteiger partial charge in [0.05, 0.1) is 18.8 Å². The van der Waals surface area contributed by atoms with Gasteiger partial charge < -0.3 is 19.5 Å². The maximum atomic E-state index is 5.83. The van der Waals surface area contributed by atoms with Crippen LogP contribution in [0, 0.1) is 5.41 Å². The molecule has 0 amide bonds. The van der Waals surface area contributed by atoms with Gasteiger partial charge in [0.25, 0.3) is 0 Å². The Morgan fingerprint density at radius 2 is 2.21 bits per heavy atom. The van der Waals surface area contributed by atoms with E-state index in [0.29, 0.717) is 17.6 Å². The zero-order valence-electron chi connectivity index (χ0n) is 12.5. The zero-order valence-corrected chi connectivity index (χ0v) is 12.5. The molecule has 2 fully saturated rings. The lowest BCUT2D eigenvalue weighted by molar-refractivity contribution is 0.0401. The monoisotopic (exact) mass is 271 g/mol. The SMILES string of the molecule is COCCNCC1(CCC2CCCO2)CCOC1C. The topological polar surface area (TPSA) is 39.7 Å². The van der Waals surface area contributed by atoms with E-state index in [4.69, 9.17) is 14.2 Å². The lowest BCUT2D eigenvalue weighted by Crippen LogP contribution is -2.41. The average molecular weight is 271 g/mol. The predicted octanol–water partition coefficient (Wildman–Crippen LogP) is 1.98. The highest BCUT2D eigenvalue weighted by atomic mass is 16.5. The van der Waals surface area contributed by atoms with Gasteiger partial charge >= 0.3 is 0 Å². The Hall–Kier alpha value is -0.160. The average Bonchev–Trinajstić information content (AvgIpc) is 3.04. The van der Waals surface area contributed by atoms with E-state index in [1.165, 1.54) is 32.1 Å². The summed E-state index contributed by atoms with van der Waals surface area (Å²) in [5.41, 5.74) is 0.291. The molecule has 2 aliphatic rings. The van der Waals surface area contributed by atoms with Crippen molar-refractivity contribution in [3.05, 3.63) is 0 Å². The fourth-order valence-corrected chi connectivity index (χ4v) is 3.30. The molecule has 4 nitrogen and oxygen atoms in total. The molecule has 0 radical (unpaired) electrons. The third kappa shape index (κ3) is 4.15. The number of rotatable bonds is 8. The van der Waals surface area contributed by atoms with Crippen LogP contribution >= 0.6 is 0 Å². The number of ether oxygens (including phenoxy) is 3. The smallest absolute Gasteiger partial charge is 0.0616 e. The van der Waals surface area contributed by atoms with Crippen LogP contribution in [0.5, 0.6) is 0 Å². The van der Waals surface area contributed by atoms with E-state index in [9.17, 15) is 0 Å². The fourth-order valence-electron chi connectivity index (χ4n) is 3.30. The summed E-state index contributed by atoms with van der Waals surface area (Å²) in [6.07, 6.45) is 6.87. The first-order chi connectivity index (χ1) is 9.27. The maximum Gasteiger partial charge on any atom is 0.0616 e. The van der Waals surface area contributed by atoms with Crippen LogP contribution in [-0.4, -0.2) is 52.2 Å². The minimum absolute atomic E-state index is 0.291. The van der Waals surface area contributed by atoms with Crippen molar-refractivity contribution in [2.75, 3.05) is 40.0 Å². The highest BCUT2D eigenvalue weighted by Crippen LogP contribution is 2.40. The van der Waals surface area contributed by atoms with Crippen LogP contribution in [0.4, 0.5) is 0 Å². The van der Waals surface area contributed by atoms with Crippen molar-refractivity contribution in [2.24, 2.45) is 5.41 Å². The first-order valence-electron chi connectivity index (χ1n) is 7.70. The van der Waals surface area contributed by atoms with Crippen LogP contribution in [-0.2, 0) is 14.2 Å². The Bertz CT molecular complexity index is 256. The van der Waals surface area contributed by atoms with Gasteiger partial charge in [0, 0.05) is 38.8 Å². The molecule has 2 heterocycles. The van der Waals surface area contributed by atoms with Crippen LogP contribution in [0.3, 0.4) is 0 Å². The molecule has 112 valence electrons. The van der Waals surface area contributed by atoms with Gasteiger partial charge in [-0.05, 0) is 39.0 Å². The van der Waals surface area contributed by atoms with E-state index >= 15 is 0 Å². The summed E-state index contributed by atoms with van der Waals surface area (Å²) in [4.78, 5) is 0. The largest absolute Gasteiger partial charge is 0.383 e. The fraction of sp³-hybridized carbons (Fsp3) is 1.00. The Morgan fingerprint density at radius 1 is 1.32 bits per heavy atom. The second kappa shape index (κ2) is 7.58. The van der Waals surface area contributed by atoms with Crippen LogP contribution in [0.15, 0.2) is 0 Å². The zero-order chi connectivity index (χ0) is 13.6. The molecule has 0 aromatic heterocycles. The second-order valence-corrected chi connectivity index (χ2v) is 5.97. The van der Waals surface area contributed by atoms with Crippen LogP contribution in [0.1, 0.15) is 39.0 Å². The molecule has 0 saturated carbocycles. The lowest BCUT2D eigenvalue weighted by Gasteiger charge is -2.33. The first-order valence-corrected chi connectivity index (χ1v) is 7.70. The van der Waals surface area contributed by atoms with E-state index in [1.807, 2.05) is 0 Å². The Labute approximate surface area is 117 Å². The molecule has 3 atom stereocenters. The first kappa shape index (κ1) is 15.2. The van der Waals surface area contributed by atoms with E-state index < -0.39 is 0 Å². The second-order valence-electron chi connectivity index (χ2n) is 5.97. The number of methoxy groups -OCH3 is 1. The summed E-state index contributed by atoms with van der Waals surface area (Å²) in [5, 5.41) is 3.53. The summed E-state index contributed by atoms with van der Waals surface area (Å²) >= 11 is 0. The summed E-state index contributed by atoms with van der Waals surface area (Å²) in [6, 6.07) is 0. The van der Waals surface area contributed by atoms with Gasteiger partial charge in [-0.15, -0.1) is 0 Å². The van der Waals surface area contributed by atoms with Crippen molar-refractivity contribution >= 4 is 0 Å². The molecule has 0 aromatic rings.